The van der Waals surface area contributed by atoms with Crippen LogP contribution in [-0.2, 0) is 19.3 Å². The third-order valence-electron chi connectivity index (χ3n) is 2.12. The fraction of sp³-hybridized carbons (Fsp3) is 0.900. The molecule has 0 aromatic carbocycles. The fourth-order valence-corrected chi connectivity index (χ4v) is 1.26. The molecule has 0 bridgehead atoms. The predicted octanol–water partition coefficient (Wildman–Crippen LogP) is 2.18. The predicted molar refractivity (Wildman–Crippen MR) is 50.3 cm³/mol. The maximum absolute atomic E-state index is 11.0. The lowest BCUT2D eigenvalue weighted by Gasteiger charge is -2.20. The van der Waals surface area contributed by atoms with Gasteiger partial charge in [-0.3, -0.25) is 4.89 Å². The summed E-state index contributed by atoms with van der Waals surface area (Å²) in [4.78, 5) is 20.5. The molecule has 14 heavy (non-hydrogen) atoms. The van der Waals surface area contributed by atoms with E-state index in [1.807, 2.05) is 6.92 Å². The quantitative estimate of drug-likeness (QED) is 0.506. The van der Waals surface area contributed by atoms with Crippen molar-refractivity contribution in [1.29, 1.82) is 0 Å². The van der Waals surface area contributed by atoms with Crippen molar-refractivity contribution in [2.24, 2.45) is 0 Å². The second-order valence-electron chi connectivity index (χ2n) is 3.45. The van der Waals surface area contributed by atoms with Crippen molar-refractivity contribution in [2.75, 3.05) is 6.61 Å². The van der Waals surface area contributed by atoms with Crippen LogP contribution in [0.1, 0.15) is 45.4 Å². The highest BCUT2D eigenvalue weighted by Crippen LogP contribution is 2.14. The van der Waals surface area contributed by atoms with Crippen LogP contribution in [-0.4, -0.2) is 18.9 Å². The molecular weight excluding hydrogens is 184 g/mol. The summed E-state index contributed by atoms with van der Waals surface area (Å²) in [5.41, 5.74) is 0. The summed E-state index contributed by atoms with van der Waals surface area (Å²) in [7, 11) is 0. The zero-order valence-electron chi connectivity index (χ0n) is 8.66. The first-order valence-electron chi connectivity index (χ1n) is 5.30. The molecule has 1 fully saturated rings. The van der Waals surface area contributed by atoms with Gasteiger partial charge in [0.25, 0.3) is 0 Å². The average Bonchev–Trinajstić information content (AvgIpc) is 2.25. The van der Waals surface area contributed by atoms with Gasteiger partial charge in [-0.15, -0.1) is 0 Å². The van der Waals surface area contributed by atoms with Crippen LogP contribution < -0.4 is 0 Å². The molecule has 1 atom stereocenters. The van der Waals surface area contributed by atoms with Crippen LogP contribution in [0, 0.1) is 0 Å². The summed E-state index contributed by atoms with van der Waals surface area (Å²) in [5.74, 6) is -0.305. The van der Waals surface area contributed by atoms with Crippen LogP contribution in [0.2, 0.25) is 0 Å². The summed E-state index contributed by atoms with van der Waals surface area (Å²) in [5, 5.41) is 0. The van der Waals surface area contributed by atoms with E-state index in [0.717, 1.165) is 32.1 Å². The van der Waals surface area contributed by atoms with E-state index >= 15 is 0 Å². The Labute approximate surface area is 84.4 Å². The monoisotopic (exact) mass is 202 g/mol. The molecule has 1 aliphatic heterocycles. The van der Waals surface area contributed by atoms with Gasteiger partial charge >= 0.3 is 5.97 Å². The minimum atomic E-state index is -0.352. The van der Waals surface area contributed by atoms with E-state index in [1.165, 1.54) is 0 Å². The van der Waals surface area contributed by atoms with Gasteiger partial charge in [0.2, 0.25) is 6.29 Å². The fourth-order valence-electron chi connectivity index (χ4n) is 1.26. The van der Waals surface area contributed by atoms with Gasteiger partial charge in [-0.05, 0) is 19.3 Å². The van der Waals surface area contributed by atoms with E-state index in [1.54, 1.807) is 0 Å². The maximum atomic E-state index is 11.0. The smallest absolute Gasteiger partial charge is 0.342 e. The van der Waals surface area contributed by atoms with E-state index < -0.39 is 0 Å². The standard InChI is InChI=1S/C10H18O4/c1-2-3-6-9(11)13-14-10-7-4-5-8-12-10/h10H,2-8H2,1H3. The Kier molecular flexibility index (Phi) is 5.56. The van der Waals surface area contributed by atoms with Crippen LogP contribution >= 0.6 is 0 Å². The number of ether oxygens (including phenoxy) is 1. The third kappa shape index (κ3) is 4.58. The Balaban J connectivity index is 2.03. The minimum absolute atomic E-state index is 0.305. The van der Waals surface area contributed by atoms with Crippen molar-refractivity contribution < 1.29 is 19.3 Å². The molecule has 4 nitrogen and oxygen atoms in total. The van der Waals surface area contributed by atoms with Gasteiger partial charge in [0, 0.05) is 19.4 Å². The van der Waals surface area contributed by atoms with E-state index in [2.05, 4.69) is 4.89 Å². The topological polar surface area (TPSA) is 44.8 Å². The Morgan fingerprint density at radius 1 is 1.50 bits per heavy atom. The molecule has 0 spiro atoms. The lowest BCUT2D eigenvalue weighted by Crippen LogP contribution is -2.23. The average molecular weight is 202 g/mol. The Morgan fingerprint density at radius 2 is 2.36 bits per heavy atom. The molecule has 0 aliphatic carbocycles. The van der Waals surface area contributed by atoms with Gasteiger partial charge in [0.1, 0.15) is 0 Å². The molecule has 0 saturated carbocycles. The molecule has 0 radical (unpaired) electrons. The van der Waals surface area contributed by atoms with E-state index in [9.17, 15) is 4.79 Å². The lowest BCUT2D eigenvalue weighted by molar-refractivity contribution is -0.358. The summed E-state index contributed by atoms with van der Waals surface area (Å²) >= 11 is 0. The first-order chi connectivity index (χ1) is 6.83. The summed E-state index contributed by atoms with van der Waals surface area (Å²) in [6, 6.07) is 0. The molecule has 0 amide bonds. The molecule has 82 valence electrons. The number of carbonyl (C=O) groups excluding carboxylic acids is 1. The maximum Gasteiger partial charge on any atom is 0.342 e. The number of hydrogen-bond donors (Lipinski definition) is 0. The Bertz CT molecular complexity index is 164. The molecule has 1 unspecified atom stereocenters. The highest BCUT2D eigenvalue weighted by atomic mass is 17.2. The zero-order chi connectivity index (χ0) is 10.2. The number of unbranched alkanes of at least 4 members (excludes halogenated alkanes) is 1. The van der Waals surface area contributed by atoms with Gasteiger partial charge < -0.3 is 4.74 Å². The minimum Gasteiger partial charge on any atom is -0.349 e. The number of hydrogen-bond acceptors (Lipinski definition) is 4. The molecule has 1 saturated heterocycles. The summed E-state index contributed by atoms with van der Waals surface area (Å²) < 4.78 is 5.23. The van der Waals surface area contributed by atoms with Gasteiger partial charge in [-0.25, -0.2) is 4.79 Å². The van der Waals surface area contributed by atoms with Crippen LogP contribution in [0.4, 0.5) is 0 Å². The van der Waals surface area contributed by atoms with Crippen molar-refractivity contribution in [2.45, 2.75) is 51.7 Å². The molecule has 1 heterocycles. The Morgan fingerprint density at radius 3 is 3.00 bits per heavy atom. The second-order valence-corrected chi connectivity index (χ2v) is 3.45. The summed E-state index contributed by atoms with van der Waals surface area (Å²) in [6.45, 7) is 2.72. The molecule has 1 aliphatic rings. The van der Waals surface area contributed by atoms with Crippen LogP contribution in [0.25, 0.3) is 0 Å². The van der Waals surface area contributed by atoms with Crippen molar-refractivity contribution >= 4 is 5.97 Å². The van der Waals surface area contributed by atoms with E-state index in [0.29, 0.717) is 13.0 Å². The summed E-state index contributed by atoms with van der Waals surface area (Å²) in [6.07, 6.45) is 4.82. The van der Waals surface area contributed by atoms with Crippen LogP contribution in [0.5, 0.6) is 0 Å². The zero-order valence-corrected chi connectivity index (χ0v) is 8.66. The lowest BCUT2D eigenvalue weighted by atomic mass is 10.2. The molecule has 0 aromatic heterocycles. The van der Waals surface area contributed by atoms with Crippen molar-refractivity contribution in [1.82, 2.24) is 0 Å². The first kappa shape index (κ1) is 11.5. The number of rotatable bonds is 5. The largest absolute Gasteiger partial charge is 0.349 e. The van der Waals surface area contributed by atoms with Gasteiger partial charge in [0.15, 0.2) is 0 Å². The molecule has 0 aromatic rings. The van der Waals surface area contributed by atoms with Crippen LogP contribution in [0.15, 0.2) is 0 Å². The third-order valence-corrected chi connectivity index (χ3v) is 2.12. The molecule has 4 heteroatoms. The van der Waals surface area contributed by atoms with Crippen LogP contribution in [0.3, 0.4) is 0 Å². The molecule has 1 rings (SSSR count). The van der Waals surface area contributed by atoms with E-state index in [4.69, 9.17) is 9.62 Å². The molecule has 0 N–H and O–H groups in total. The highest BCUT2D eigenvalue weighted by molar-refractivity contribution is 5.68. The van der Waals surface area contributed by atoms with Crippen molar-refractivity contribution in [3.63, 3.8) is 0 Å². The highest BCUT2D eigenvalue weighted by Gasteiger charge is 2.16. The number of carbonyl (C=O) groups is 1. The normalized spacial score (nSPS) is 21.9. The van der Waals surface area contributed by atoms with Crippen molar-refractivity contribution in [3.8, 4) is 0 Å². The van der Waals surface area contributed by atoms with Gasteiger partial charge in [-0.2, -0.15) is 4.89 Å². The van der Waals surface area contributed by atoms with Gasteiger partial charge in [0.05, 0.1) is 0 Å². The SMILES string of the molecule is CCCCC(=O)OOC1CCCCO1. The Hall–Kier alpha value is -0.610. The van der Waals surface area contributed by atoms with Gasteiger partial charge in [-0.1, -0.05) is 13.3 Å². The van der Waals surface area contributed by atoms with Crippen molar-refractivity contribution in [3.05, 3.63) is 0 Å². The van der Waals surface area contributed by atoms with E-state index in [-0.39, 0.29) is 12.3 Å². The molecular formula is C10H18O4. The first-order valence-corrected chi connectivity index (χ1v) is 5.30. The second kappa shape index (κ2) is 6.79.